The molecule has 0 atom stereocenters. The van der Waals surface area contributed by atoms with Gasteiger partial charge in [0.15, 0.2) is 5.52 Å². The highest BCUT2D eigenvalue weighted by Gasteiger charge is 2.13. The van der Waals surface area contributed by atoms with Gasteiger partial charge in [0.2, 0.25) is 0 Å². The molecule has 2 aromatic rings. The molecule has 0 saturated carbocycles. The second-order valence-electron chi connectivity index (χ2n) is 2.32. The van der Waals surface area contributed by atoms with E-state index in [-0.39, 0.29) is 16.7 Å². The Morgan fingerprint density at radius 2 is 2.23 bits per heavy atom. The maximum atomic E-state index is 10.3. The van der Waals surface area contributed by atoms with Crippen LogP contribution in [0.5, 0.6) is 0 Å². The highest BCUT2D eigenvalue weighted by Crippen LogP contribution is 2.15. The molecule has 0 spiro atoms. The Hall–Kier alpha value is -1.69. The fourth-order valence-electron chi connectivity index (χ4n) is 0.943. The van der Waals surface area contributed by atoms with Crippen LogP contribution < -0.4 is 0 Å². The Labute approximate surface area is 76.7 Å². The summed E-state index contributed by atoms with van der Waals surface area (Å²) in [6.07, 6.45) is 0. The number of H-pyrrole nitrogens is 1. The number of nitrogens with one attached hydrogen (secondary N) is 1. The van der Waals surface area contributed by atoms with Crippen LogP contribution in [0.2, 0.25) is 5.15 Å². The first-order valence-corrected chi connectivity index (χ1v) is 3.71. The third-order valence-corrected chi connectivity index (χ3v) is 1.68. The van der Waals surface area contributed by atoms with Crippen LogP contribution in [-0.4, -0.2) is 19.9 Å². The largest absolute Gasteiger partial charge is 0.434 e. The second-order valence-corrected chi connectivity index (χ2v) is 2.71. The molecule has 0 aliphatic carbocycles. The van der Waals surface area contributed by atoms with Gasteiger partial charge in [-0.25, -0.2) is 4.98 Å². The molecule has 0 aliphatic rings. The maximum Gasteiger partial charge on any atom is 0.434 e. The predicted octanol–water partition coefficient (Wildman–Crippen LogP) is 1.52. The van der Waals surface area contributed by atoms with E-state index in [0.717, 1.165) is 0 Å². The van der Waals surface area contributed by atoms with Crippen molar-refractivity contribution in [3.8, 4) is 0 Å². The standard InChI is InChI=1S/C6H3ClN4O2/c7-4-2-1-3-5(9-4)10-6(8-3)11(12)13/h1-2H,(H,8,9,10). The van der Waals surface area contributed by atoms with Gasteiger partial charge in [-0.1, -0.05) is 11.6 Å². The Kier molecular flexibility index (Phi) is 1.63. The van der Waals surface area contributed by atoms with Crippen LogP contribution in [0.25, 0.3) is 11.2 Å². The Balaban J connectivity index is 2.68. The minimum atomic E-state index is -0.615. The molecule has 0 aromatic carbocycles. The number of rotatable bonds is 1. The van der Waals surface area contributed by atoms with Crippen molar-refractivity contribution in [2.75, 3.05) is 0 Å². The highest BCUT2D eigenvalue weighted by atomic mass is 35.5. The van der Waals surface area contributed by atoms with Gasteiger partial charge >= 0.3 is 5.95 Å². The number of imidazole rings is 1. The van der Waals surface area contributed by atoms with Gasteiger partial charge in [0, 0.05) is 0 Å². The molecule has 0 radical (unpaired) electrons. The summed E-state index contributed by atoms with van der Waals surface area (Å²) in [5, 5.41) is 10.6. The molecule has 2 heterocycles. The Bertz CT molecular complexity index is 480. The number of nitrogens with zero attached hydrogens (tertiary/aromatic N) is 3. The molecule has 0 unspecified atom stereocenters. The van der Waals surface area contributed by atoms with E-state index < -0.39 is 4.92 Å². The van der Waals surface area contributed by atoms with Crippen molar-refractivity contribution in [1.82, 2.24) is 15.0 Å². The van der Waals surface area contributed by atoms with E-state index >= 15 is 0 Å². The predicted molar refractivity (Wildman–Crippen MR) is 45.6 cm³/mol. The molecule has 66 valence electrons. The smallest absolute Gasteiger partial charge is 0.390 e. The first kappa shape index (κ1) is 7.93. The van der Waals surface area contributed by atoms with Gasteiger partial charge in [-0.15, -0.1) is 0 Å². The number of pyridine rings is 1. The lowest BCUT2D eigenvalue weighted by atomic mass is 10.4. The summed E-state index contributed by atoms with van der Waals surface area (Å²) in [5.74, 6) is -0.329. The summed E-state index contributed by atoms with van der Waals surface area (Å²) in [5.41, 5.74) is 0.746. The zero-order chi connectivity index (χ0) is 9.42. The van der Waals surface area contributed by atoms with Crippen molar-refractivity contribution in [3.05, 3.63) is 27.4 Å². The monoisotopic (exact) mass is 198 g/mol. The van der Waals surface area contributed by atoms with Crippen LogP contribution in [0.1, 0.15) is 0 Å². The number of aromatic amines is 1. The summed E-state index contributed by atoms with van der Waals surface area (Å²) in [6, 6.07) is 3.12. The number of hydrogen-bond donors (Lipinski definition) is 1. The normalized spacial score (nSPS) is 10.5. The summed E-state index contributed by atoms with van der Waals surface area (Å²) in [7, 11) is 0. The number of halogens is 1. The van der Waals surface area contributed by atoms with Gasteiger partial charge in [-0.2, -0.15) is 4.98 Å². The van der Waals surface area contributed by atoms with Gasteiger partial charge < -0.3 is 10.1 Å². The summed E-state index contributed by atoms with van der Waals surface area (Å²) < 4.78 is 0. The average Bonchev–Trinajstić information content (AvgIpc) is 2.46. The lowest BCUT2D eigenvalue weighted by Gasteiger charge is -1.84. The molecule has 0 aliphatic heterocycles. The van der Waals surface area contributed by atoms with Gasteiger partial charge in [0.05, 0.1) is 0 Å². The van der Waals surface area contributed by atoms with Crippen molar-refractivity contribution in [2.45, 2.75) is 0 Å². The molecule has 0 amide bonds. The fourth-order valence-corrected chi connectivity index (χ4v) is 1.09. The number of fused-ring (bicyclic) bond motifs is 1. The van der Waals surface area contributed by atoms with Gasteiger partial charge in [0.1, 0.15) is 5.15 Å². The van der Waals surface area contributed by atoms with Crippen LogP contribution in [-0.2, 0) is 0 Å². The lowest BCUT2D eigenvalue weighted by Crippen LogP contribution is -1.88. The minimum absolute atomic E-state index is 0.249. The van der Waals surface area contributed by atoms with Crippen LogP contribution in [0.15, 0.2) is 12.1 Å². The molecule has 6 nitrogen and oxygen atoms in total. The van der Waals surface area contributed by atoms with Gasteiger partial charge in [-0.05, 0) is 22.0 Å². The third-order valence-electron chi connectivity index (χ3n) is 1.47. The average molecular weight is 199 g/mol. The van der Waals surface area contributed by atoms with Crippen molar-refractivity contribution in [3.63, 3.8) is 0 Å². The Morgan fingerprint density at radius 3 is 2.92 bits per heavy atom. The summed E-state index contributed by atoms with van der Waals surface area (Å²) >= 11 is 5.57. The number of aromatic nitrogens is 3. The molecule has 0 bridgehead atoms. The third kappa shape index (κ3) is 1.31. The second kappa shape index (κ2) is 2.67. The van der Waals surface area contributed by atoms with E-state index in [0.29, 0.717) is 5.52 Å². The molecule has 2 rings (SSSR count). The van der Waals surface area contributed by atoms with Gasteiger partial charge in [0.25, 0.3) is 5.65 Å². The fraction of sp³-hybridized carbons (Fsp3) is 0. The minimum Gasteiger partial charge on any atom is -0.390 e. The van der Waals surface area contributed by atoms with E-state index in [1.165, 1.54) is 6.07 Å². The van der Waals surface area contributed by atoms with Crippen LogP contribution in [0.3, 0.4) is 0 Å². The quantitative estimate of drug-likeness (QED) is 0.428. The molecule has 2 aromatic heterocycles. The number of hydrogen-bond acceptors (Lipinski definition) is 4. The summed E-state index contributed by atoms with van der Waals surface area (Å²) in [4.78, 5) is 19.6. The summed E-state index contributed by atoms with van der Waals surface area (Å²) in [6.45, 7) is 0. The van der Waals surface area contributed by atoms with E-state index in [1.54, 1.807) is 6.07 Å². The maximum absolute atomic E-state index is 10.3. The van der Waals surface area contributed by atoms with Crippen molar-refractivity contribution < 1.29 is 4.92 Å². The van der Waals surface area contributed by atoms with E-state index in [2.05, 4.69) is 15.0 Å². The molecule has 0 fully saturated rings. The van der Waals surface area contributed by atoms with E-state index in [1.807, 2.05) is 0 Å². The highest BCUT2D eigenvalue weighted by molar-refractivity contribution is 6.29. The Morgan fingerprint density at radius 1 is 1.46 bits per heavy atom. The van der Waals surface area contributed by atoms with Crippen molar-refractivity contribution in [2.24, 2.45) is 0 Å². The van der Waals surface area contributed by atoms with Crippen molar-refractivity contribution >= 4 is 28.7 Å². The SMILES string of the molecule is O=[N+]([O-])c1nc2nc(Cl)ccc2[nH]1. The first-order chi connectivity index (χ1) is 6.16. The van der Waals surface area contributed by atoms with E-state index in [4.69, 9.17) is 11.6 Å². The van der Waals surface area contributed by atoms with Crippen LogP contribution in [0.4, 0.5) is 5.95 Å². The number of nitro groups is 1. The zero-order valence-corrected chi connectivity index (χ0v) is 6.95. The molecular weight excluding hydrogens is 196 g/mol. The van der Waals surface area contributed by atoms with Crippen molar-refractivity contribution in [1.29, 1.82) is 0 Å². The molecule has 13 heavy (non-hydrogen) atoms. The molecule has 7 heteroatoms. The molecule has 0 saturated heterocycles. The van der Waals surface area contributed by atoms with Crippen LogP contribution in [0, 0.1) is 10.1 Å². The van der Waals surface area contributed by atoms with Gasteiger partial charge in [-0.3, -0.25) is 0 Å². The first-order valence-electron chi connectivity index (χ1n) is 3.33. The topological polar surface area (TPSA) is 84.7 Å². The lowest BCUT2D eigenvalue weighted by molar-refractivity contribution is -0.393. The zero-order valence-electron chi connectivity index (χ0n) is 6.19. The van der Waals surface area contributed by atoms with Crippen LogP contribution >= 0.6 is 11.6 Å². The molecular formula is C6H3ClN4O2. The van der Waals surface area contributed by atoms with E-state index in [9.17, 15) is 10.1 Å². The molecule has 1 N–H and O–H groups in total.